The van der Waals surface area contributed by atoms with E-state index in [1.54, 1.807) is 17.0 Å². The number of rotatable bonds is 7. The molecular weight excluding hydrogens is 527 g/mol. The van der Waals surface area contributed by atoms with Crippen LogP contribution in [0.4, 0.5) is 18.9 Å². The molecule has 208 valence electrons. The lowest BCUT2D eigenvalue weighted by molar-refractivity contribution is -0.137. The molecule has 5 rings (SSSR count). The Bertz CT molecular complexity index is 1260. The summed E-state index contributed by atoms with van der Waals surface area (Å²) in [5, 5.41) is 0.695. The van der Waals surface area contributed by atoms with Crippen LogP contribution in [0.5, 0.6) is 0 Å². The summed E-state index contributed by atoms with van der Waals surface area (Å²) in [6.07, 6.45) is 1.01. The van der Waals surface area contributed by atoms with Gasteiger partial charge < -0.3 is 14.2 Å². The molecule has 1 aliphatic carbocycles. The van der Waals surface area contributed by atoms with Gasteiger partial charge in [0.1, 0.15) is 5.76 Å². The summed E-state index contributed by atoms with van der Waals surface area (Å²) >= 11 is 6.34. The van der Waals surface area contributed by atoms with Gasteiger partial charge in [-0.05, 0) is 48.7 Å². The number of carbonyl (C=O) groups excluding carboxylic acids is 1. The summed E-state index contributed by atoms with van der Waals surface area (Å²) in [5.41, 5.74) is 0.953. The second-order valence-corrected chi connectivity index (χ2v) is 10.8. The van der Waals surface area contributed by atoms with E-state index in [9.17, 15) is 18.0 Å². The number of benzene rings is 2. The fourth-order valence-corrected chi connectivity index (χ4v) is 5.89. The Hall–Kier alpha value is -2.97. The molecule has 0 N–H and O–H groups in total. The smallest absolute Gasteiger partial charge is 0.416 e. The van der Waals surface area contributed by atoms with E-state index in [1.807, 2.05) is 30.3 Å². The molecule has 39 heavy (non-hydrogen) atoms. The highest BCUT2D eigenvalue weighted by Crippen LogP contribution is 2.31. The van der Waals surface area contributed by atoms with E-state index >= 15 is 0 Å². The normalized spacial score (nSPS) is 17.2. The van der Waals surface area contributed by atoms with Crippen LogP contribution < -0.4 is 4.90 Å². The number of piperazine rings is 1. The van der Waals surface area contributed by atoms with Crippen molar-refractivity contribution in [2.45, 2.75) is 57.4 Å². The molecule has 0 bridgehead atoms. The van der Waals surface area contributed by atoms with Gasteiger partial charge in [0.2, 0.25) is 0 Å². The van der Waals surface area contributed by atoms with Crippen molar-refractivity contribution in [1.29, 1.82) is 0 Å². The molecule has 1 saturated carbocycles. The van der Waals surface area contributed by atoms with Crippen LogP contribution in [0.25, 0.3) is 0 Å². The number of anilines is 1. The molecule has 1 amide bonds. The van der Waals surface area contributed by atoms with E-state index in [0.29, 0.717) is 61.4 Å². The van der Waals surface area contributed by atoms with Crippen molar-refractivity contribution < 1.29 is 22.4 Å². The second-order valence-electron chi connectivity index (χ2n) is 10.4. The van der Waals surface area contributed by atoms with Crippen LogP contribution >= 0.6 is 11.6 Å². The van der Waals surface area contributed by atoms with Crippen molar-refractivity contribution >= 4 is 23.2 Å². The second kappa shape index (κ2) is 12.0. The topological polar surface area (TPSA) is 39.9 Å². The molecule has 1 saturated heterocycles. The van der Waals surface area contributed by atoms with Crippen LogP contribution in [0.2, 0.25) is 5.02 Å². The Kier molecular flexibility index (Phi) is 8.52. The average Bonchev–Trinajstić information content (AvgIpc) is 3.41. The Morgan fingerprint density at radius 1 is 0.923 bits per heavy atom. The maximum absolute atomic E-state index is 13.3. The minimum atomic E-state index is -4.37. The van der Waals surface area contributed by atoms with E-state index in [4.69, 9.17) is 16.0 Å². The van der Waals surface area contributed by atoms with Crippen molar-refractivity contribution in [3.05, 3.63) is 88.3 Å². The number of carbonyl (C=O) groups is 1. The molecule has 2 aliphatic rings. The van der Waals surface area contributed by atoms with Crippen molar-refractivity contribution in [1.82, 2.24) is 9.80 Å². The summed E-state index contributed by atoms with van der Waals surface area (Å²) in [7, 11) is 0. The fourth-order valence-electron chi connectivity index (χ4n) is 5.63. The molecule has 2 heterocycles. The first-order valence-electron chi connectivity index (χ1n) is 13.6. The zero-order chi connectivity index (χ0) is 27.4. The van der Waals surface area contributed by atoms with Crippen LogP contribution in [0.1, 0.15) is 59.5 Å². The molecule has 3 aromatic rings. The molecule has 0 spiro atoms. The first-order chi connectivity index (χ1) is 18.8. The van der Waals surface area contributed by atoms with Gasteiger partial charge >= 0.3 is 6.18 Å². The van der Waals surface area contributed by atoms with Crippen LogP contribution in [0, 0.1) is 0 Å². The third-order valence-electron chi connectivity index (χ3n) is 7.72. The molecular formula is C30H33ClF3N3O2. The van der Waals surface area contributed by atoms with Crippen LogP contribution in [0.3, 0.4) is 0 Å². The van der Waals surface area contributed by atoms with E-state index in [-0.39, 0.29) is 11.9 Å². The maximum Gasteiger partial charge on any atom is 0.416 e. The molecule has 2 fully saturated rings. The van der Waals surface area contributed by atoms with Crippen LogP contribution in [-0.2, 0) is 19.3 Å². The number of nitrogens with zero attached hydrogens (tertiary/aromatic N) is 3. The monoisotopic (exact) mass is 559 g/mol. The summed E-state index contributed by atoms with van der Waals surface area (Å²) < 4.78 is 45.9. The quantitative estimate of drug-likeness (QED) is 0.306. The number of amides is 1. The molecule has 9 heteroatoms. The zero-order valence-corrected chi connectivity index (χ0v) is 22.6. The van der Waals surface area contributed by atoms with Gasteiger partial charge in [-0.3, -0.25) is 9.69 Å². The first kappa shape index (κ1) is 27.6. The molecule has 0 unspecified atom stereocenters. The van der Waals surface area contributed by atoms with Gasteiger partial charge in [-0.2, -0.15) is 13.2 Å². The van der Waals surface area contributed by atoms with E-state index < -0.39 is 11.7 Å². The molecule has 0 radical (unpaired) electrons. The van der Waals surface area contributed by atoms with Gasteiger partial charge in [-0.25, -0.2) is 0 Å². The minimum absolute atomic E-state index is 0.151. The largest absolute Gasteiger partial charge is 0.455 e. The van der Waals surface area contributed by atoms with E-state index in [1.165, 1.54) is 18.6 Å². The SMILES string of the molecule is O=C(c1ccc(CN(Cc2cccc(C(F)(F)F)c2)C2CCCCC2)o1)N1CCN(c2ccccc2Cl)CC1. The Labute approximate surface area is 232 Å². The number of hydrogen-bond acceptors (Lipinski definition) is 4. The molecule has 0 atom stereocenters. The third kappa shape index (κ3) is 6.79. The fraction of sp³-hybridized carbons (Fsp3) is 0.433. The molecule has 1 aliphatic heterocycles. The zero-order valence-electron chi connectivity index (χ0n) is 21.8. The van der Waals surface area contributed by atoms with Gasteiger partial charge in [-0.15, -0.1) is 0 Å². The third-order valence-corrected chi connectivity index (χ3v) is 8.04. The lowest BCUT2D eigenvalue weighted by atomic mass is 9.93. The van der Waals surface area contributed by atoms with E-state index in [2.05, 4.69) is 9.80 Å². The van der Waals surface area contributed by atoms with Crippen molar-refractivity contribution in [2.24, 2.45) is 0 Å². The highest BCUT2D eigenvalue weighted by atomic mass is 35.5. The van der Waals surface area contributed by atoms with Gasteiger partial charge in [0.25, 0.3) is 5.91 Å². The molecule has 1 aromatic heterocycles. The highest BCUT2D eigenvalue weighted by Gasteiger charge is 2.31. The van der Waals surface area contributed by atoms with Crippen molar-refractivity contribution in [2.75, 3.05) is 31.1 Å². The summed E-state index contributed by atoms with van der Waals surface area (Å²) in [6.45, 7) is 3.30. The standard InChI is InChI=1S/C30H33ClF3N3O2/c31-26-11-4-5-12-27(26)35-15-17-36(18-16-35)29(38)28-14-13-25(39-28)21-37(24-9-2-1-3-10-24)20-22-7-6-8-23(19-22)30(32,33)34/h4-8,11-14,19,24H,1-3,9-10,15-18,20-21H2. The predicted molar refractivity (Wildman–Crippen MR) is 146 cm³/mol. The first-order valence-corrected chi connectivity index (χ1v) is 13.9. The molecule has 5 nitrogen and oxygen atoms in total. The highest BCUT2D eigenvalue weighted by molar-refractivity contribution is 6.33. The van der Waals surface area contributed by atoms with Crippen LogP contribution in [0.15, 0.2) is 65.1 Å². The Morgan fingerprint density at radius 2 is 1.67 bits per heavy atom. The Morgan fingerprint density at radius 3 is 2.38 bits per heavy atom. The Balaban J connectivity index is 1.25. The van der Waals surface area contributed by atoms with Crippen molar-refractivity contribution in [3.63, 3.8) is 0 Å². The number of para-hydroxylation sites is 1. The number of furan rings is 1. The number of hydrogen-bond donors (Lipinski definition) is 0. The summed E-state index contributed by atoms with van der Waals surface area (Å²) in [6, 6.07) is 17.0. The average molecular weight is 560 g/mol. The summed E-state index contributed by atoms with van der Waals surface area (Å²) in [4.78, 5) is 19.4. The number of halogens is 4. The number of alkyl halides is 3. The summed E-state index contributed by atoms with van der Waals surface area (Å²) in [5.74, 6) is 0.784. The van der Waals surface area contributed by atoms with Gasteiger partial charge in [0.15, 0.2) is 5.76 Å². The van der Waals surface area contributed by atoms with Crippen LogP contribution in [-0.4, -0.2) is 47.9 Å². The van der Waals surface area contributed by atoms with Gasteiger partial charge in [-0.1, -0.05) is 61.2 Å². The van der Waals surface area contributed by atoms with Gasteiger partial charge in [0, 0.05) is 38.8 Å². The van der Waals surface area contributed by atoms with Crippen molar-refractivity contribution in [3.8, 4) is 0 Å². The van der Waals surface area contributed by atoms with E-state index in [0.717, 1.165) is 37.4 Å². The lowest BCUT2D eigenvalue weighted by Gasteiger charge is -2.36. The lowest BCUT2D eigenvalue weighted by Crippen LogP contribution is -2.48. The predicted octanol–water partition coefficient (Wildman–Crippen LogP) is 7.25. The molecule has 2 aromatic carbocycles. The van der Waals surface area contributed by atoms with Gasteiger partial charge in [0.05, 0.1) is 22.8 Å². The minimum Gasteiger partial charge on any atom is -0.455 e. The maximum atomic E-state index is 13.3.